The Kier molecular flexibility index (Phi) is 4.79. The molecule has 3 heterocycles. The Morgan fingerprint density at radius 3 is 2.87 bits per heavy atom. The summed E-state index contributed by atoms with van der Waals surface area (Å²) in [7, 11) is 1.93. The highest BCUT2D eigenvalue weighted by molar-refractivity contribution is 7.17. The third-order valence-corrected chi connectivity index (χ3v) is 6.85. The van der Waals surface area contributed by atoms with E-state index in [1.165, 1.54) is 22.5 Å². The molecule has 5 nitrogen and oxygen atoms in total. The van der Waals surface area contributed by atoms with Crippen molar-refractivity contribution in [2.24, 2.45) is 7.05 Å². The second-order valence-corrected chi connectivity index (χ2v) is 8.82. The van der Waals surface area contributed by atoms with E-state index < -0.39 is 0 Å². The predicted octanol–water partition coefficient (Wildman–Crippen LogP) is 4.83. The maximum Gasteiger partial charge on any atom is 0.195 e. The number of hydrogen-bond acceptors (Lipinski definition) is 5. The molecular formula is C24H22N4OS. The first-order valence-corrected chi connectivity index (χ1v) is 10.9. The Labute approximate surface area is 179 Å². The van der Waals surface area contributed by atoms with Crippen molar-refractivity contribution in [1.82, 2.24) is 19.7 Å². The van der Waals surface area contributed by atoms with Crippen LogP contribution in [0.4, 0.5) is 0 Å². The Hall–Kier alpha value is -3.12. The summed E-state index contributed by atoms with van der Waals surface area (Å²) in [5.74, 6) is 0.0762. The highest BCUT2D eigenvalue weighted by atomic mass is 32.1. The largest absolute Gasteiger partial charge is 0.291 e. The molecule has 3 aromatic heterocycles. The smallest absolute Gasteiger partial charge is 0.195 e. The van der Waals surface area contributed by atoms with Crippen molar-refractivity contribution in [3.8, 4) is 21.6 Å². The third-order valence-electron chi connectivity index (χ3n) is 5.68. The summed E-state index contributed by atoms with van der Waals surface area (Å²) < 4.78 is 1.82. The van der Waals surface area contributed by atoms with Gasteiger partial charge in [-0.3, -0.25) is 14.5 Å². The molecular weight excluding hydrogens is 392 g/mol. The number of Topliss-reactive ketones (excluding diaryl/α,β-unsaturated/α-hetero) is 1. The van der Waals surface area contributed by atoms with Gasteiger partial charge in [0, 0.05) is 37.6 Å². The summed E-state index contributed by atoms with van der Waals surface area (Å²) in [5, 5.41) is 4.91. The molecule has 6 heteroatoms. The van der Waals surface area contributed by atoms with Crippen LogP contribution in [0.25, 0.3) is 21.6 Å². The minimum atomic E-state index is 0.0762. The van der Waals surface area contributed by atoms with Gasteiger partial charge in [-0.25, -0.2) is 4.98 Å². The number of nitrogens with zero attached hydrogens (tertiary/aromatic N) is 4. The molecule has 0 saturated carbocycles. The number of aryl methyl sites for hydroxylation is 4. The topological polar surface area (TPSA) is 60.7 Å². The summed E-state index contributed by atoms with van der Waals surface area (Å²) in [6.07, 6.45) is 10.8. The van der Waals surface area contributed by atoms with Gasteiger partial charge >= 0.3 is 0 Å². The highest BCUT2D eigenvalue weighted by Gasteiger charge is 2.23. The van der Waals surface area contributed by atoms with Crippen molar-refractivity contribution in [1.29, 1.82) is 0 Å². The minimum absolute atomic E-state index is 0.0762. The molecule has 0 aliphatic heterocycles. The van der Waals surface area contributed by atoms with Crippen LogP contribution in [0.5, 0.6) is 0 Å². The Morgan fingerprint density at radius 1 is 1.17 bits per heavy atom. The van der Waals surface area contributed by atoms with Gasteiger partial charge in [-0.1, -0.05) is 12.1 Å². The lowest BCUT2D eigenvalue weighted by Crippen LogP contribution is -2.05. The van der Waals surface area contributed by atoms with Crippen molar-refractivity contribution in [3.05, 3.63) is 76.4 Å². The fraction of sp³-hybridized carbons (Fsp3) is 0.250. The van der Waals surface area contributed by atoms with Gasteiger partial charge in [0.2, 0.25) is 0 Å². The monoisotopic (exact) mass is 414 g/mol. The number of thiazole rings is 1. The Balaban J connectivity index is 1.52. The molecule has 1 aliphatic rings. The third kappa shape index (κ3) is 3.48. The lowest BCUT2D eigenvalue weighted by molar-refractivity contribution is 0.0992. The van der Waals surface area contributed by atoms with Crippen LogP contribution < -0.4 is 0 Å². The fourth-order valence-corrected chi connectivity index (χ4v) is 5.10. The number of hydrogen-bond donors (Lipinski definition) is 0. The highest BCUT2D eigenvalue weighted by Crippen LogP contribution is 2.39. The first-order chi connectivity index (χ1) is 14.6. The lowest BCUT2D eigenvalue weighted by Gasteiger charge is -2.08. The molecule has 0 spiro atoms. The molecule has 0 amide bonds. The number of pyridine rings is 1. The summed E-state index contributed by atoms with van der Waals surface area (Å²) in [6.45, 7) is 1.99. The summed E-state index contributed by atoms with van der Waals surface area (Å²) in [4.78, 5) is 23.0. The predicted molar refractivity (Wildman–Crippen MR) is 119 cm³/mol. The van der Waals surface area contributed by atoms with E-state index in [0.717, 1.165) is 52.1 Å². The second kappa shape index (κ2) is 7.61. The standard InChI is InChI=1S/C24H22N4OS/c1-15-12-25-9-8-17(15)11-22(29)24-27-21-5-3-4-16-6-7-18(10-20(16)23(21)30-24)19-13-26-28(2)14-19/h6-10,12-14H,3-5,11H2,1-2H3. The van der Waals surface area contributed by atoms with E-state index in [0.29, 0.717) is 11.4 Å². The molecule has 0 unspecified atom stereocenters. The number of benzene rings is 1. The Morgan fingerprint density at radius 2 is 2.07 bits per heavy atom. The maximum absolute atomic E-state index is 13.0. The average molecular weight is 415 g/mol. The normalized spacial score (nSPS) is 12.9. The molecule has 1 aromatic carbocycles. The van der Waals surface area contributed by atoms with Gasteiger partial charge in [0.1, 0.15) is 0 Å². The fourth-order valence-electron chi connectivity index (χ4n) is 4.00. The van der Waals surface area contributed by atoms with Gasteiger partial charge in [0.05, 0.1) is 16.8 Å². The van der Waals surface area contributed by atoms with E-state index in [1.807, 2.05) is 37.1 Å². The molecule has 0 radical (unpaired) electrons. The van der Waals surface area contributed by atoms with Crippen LogP contribution in [0, 0.1) is 6.92 Å². The molecule has 4 aromatic rings. The zero-order valence-corrected chi connectivity index (χ0v) is 17.9. The summed E-state index contributed by atoms with van der Waals surface area (Å²) in [6, 6.07) is 8.53. The Bertz CT molecular complexity index is 1250. The van der Waals surface area contributed by atoms with Crippen LogP contribution in [0.3, 0.4) is 0 Å². The van der Waals surface area contributed by atoms with E-state index in [9.17, 15) is 4.79 Å². The molecule has 150 valence electrons. The van der Waals surface area contributed by atoms with Crippen LogP contribution in [-0.2, 0) is 26.3 Å². The molecule has 1 aliphatic carbocycles. The molecule has 0 saturated heterocycles. The number of fused-ring (bicyclic) bond motifs is 3. The summed E-state index contributed by atoms with van der Waals surface area (Å²) in [5.41, 5.74) is 7.88. The van der Waals surface area contributed by atoms with Crippen LogP contribution in [-0.4, -0.2) is 25.5 Å². The van der Waals surface area contributed by atoms with E-state index in [-0.39, 0.29) is 5.78 Å². The number of aromatic nitrogens is 4. The molecule has 0 atom stereocenters. The van der Waals surface area contributed by atoms with Crippen molar-refractivity contribution in [2.75, 3.05) is 0 Å². The van der Waals surface area contributed by atoms with Crippen molar-refractivity contribution in [2.45, 2.75) is 32.6 Å². The van der Waals surface area contributed by atoms with E-state index in [1.54, 1.807) is 12.4 Å². The average Bonchev–Trinajstić information content (AvgIpc) is 3.33. The van der Waals surface area contributed by atoms with Gasteiger partial charge < -0.3 is 0 Å². The minimum Gasteiger partial charge on any atom is -0.291 e. The quantitative estimate of drug-likeness (QED) is 0.449. The zero-order chi connectivity index (χ0) is 20.7. The maximum atomic E-state index is 13.0. The van der Waals surface area contributed by atoms with E-state index in [2.05, 4.69) is 28.3 Å². The van der Waals surface area contributed by atoms with Crippen molar-refractivity contribution in [3.63, 3.8) is 0 Å². The van der Waals surface area contributed by atoms with E-state index >= 15 is 0 Å². The number of carbonyl (C=O) groups excluding carboxylic acids is 1. The summed E-state index contributed by atoms with van der Waals surface area (Å²) >= 11 is 1.54. The molecule has 0 fully saturated rings. The molecule has 30 heavy (non-hydrogen) atoms. The van der Waals surface area contributed by atoms with Crippen LogP contribution in [0.1, 0.15) is 38.6 Å². The first-order valence-electron chi connectivity index (χ1n) is 10.1. The molecule has 5 rings (SSSR count). The molecule has 0 N–H and O–H groups in total. The molecule has 0 bridgehead atoms. The second-order valence-electron chi connectivity index (χ2n) is 7.83. The number of carbonyl (C=O) groups is 1. The first kappa shape index (κ1) is 18.9. The number of rotatable bonds is 4. The van der Waals surface area contributed by atoms with Crippen LogP contribution in [0.15, 0.2) is 49.1 Å². The van der Waals surface area contributed by atoms with E-state index in [4.69, 9.17) is 4.98 Å². The van der Waals surface area contributed by atoms with Gasteiger partial charge in [-0.05, 0) is 66.1 Å². The van der Waals surface area contributed by atoms with Crippen LogP contribution >= 0.6 is 11.3 Å². The van der Waals surface area contributed by atoms with Gasteiger partial charge in [0.25, 0.3) is 0 Å². The number of ketones is 1. The van der Waals surface area contributed by atoms with Gasteiger partial charge in [-0.15, -0.1) is 11.3 Å². The van der Waals surface area contributed by atoms with Gasteiger partial charge in [0.15, 0.2) is 10.8 Å². The lowest BCUT2D eigenvalue weighted by atomic mass is 9.99. The zero-order valence-electron chi connectivity index (χ0n) is 17.1. The van der Waals surface area contributed by atoms with Crippen molar-refractivity contribution < 1.29 is 4.79 Å². The van der Waals surface area contributed by atoms with Crippen LogP contribution in [0.2, 0.25) is 0 Å². The van der Waals surface area contributed by atoms with Crippen molar-refractivity contribution >= 4 is 17.1 Å². The SMILES string of the molecule is Cc1cnccc1CC(=O)c1nc2c(s1)-c1cc(-c3cnn(C)c3)ccc1CCC2. The van der Waals surface area contributed by atoms with Gasteiger partial charge in [-0.2, -0.15) is 5.10 Å².